The van der Waals surface area contributed by atoms with E-state index in [1.807, 2.05) is 26.0 Å². The van der Waals surface area contributed by atoms with Gasteiger partial charge in [-0.1, -0.05) is 48.0 Å². The number of carbonyl (C=O) groups is 2. The van der Waals surface area contributed by atoms with Gasteiger partial charge in [0, 0.05) is 37.3 Å². The largest absolute Gasteiger partial charge is 0.353 e. The lowest BCUT2D eigenvalue weighted by molar-refractivity contribution is -0.127. The maximum absolute atomic E-state index is 12.9. The van der Waals surface area contributed by atoms with Gasteiger partial charge in [0.1, 0.15) is 0 Å². The Morgan fingerprint density at radius 2 is 1.56 bits per heavy atom. The van der Waals surface area contributed by atoms with Crippen LogP contribution in [0.15, 0.2) is 48.5 Å². The fraction of sp³-hybridized carbons (Fsp3) is 0.500. The average Bonchev–Trinajstić information content (AvgIpc) is 2.83. The van der Waals surface area contributed by atoms with E-state index in [0.717, 1.165) is 69.7 Å². The number of carbonyl (C=O) groups excluding carboxylic acids is 2. The summed E-state index contributed by atoms with van der Waals surface area (Å²) in [6.07, 6.45) is 3.65. The van der Waals surface area contributed by atoms with E-state index in [1.54, 1.807) is 0 Å². The first-order valence-corrected chi connectivity index (χ1v) is 12.6. The fourth-order valence-electron chi connectivity index (χ4n) is 5.10. The molecule has 2 aliphatic heterocycles. The van der Waals surface area contributed by atoms with Crippen LogP contribution in [-0.2, 0) is 16.1 Å². The predicted octanol–water partition coefficient (Wildman–Crippen LogP) is 3.73. The first kappa shape index (κ1) is 24.4. The number of benzene rings is 2. The van der Waals surface area contributed by atoms with E-state index in [4.69, 9.17) is 0 Å². The van der Waals surface area contributed by atoms with Gasteiger partial charge in [-0.3, -0.25) is 19.4 Å². The fourth-order valence-corrected chi connectivity index (χ4v) is 5.10. The SMILES string of the molecule is Cc1ccc(NC(=O)CN2CCC(C(=O)NC3CCN(Cc4ccccc4)CC3)CC2)c(C)c1. The van der Waals surface area contributed by atoms with Gasteiger partial charge < -0.3 is 10.6 Å². The van der Waals surface area contributed by atoms with Crippen molar-refractivity contribution >= 4 is 17.5 Å². The molecule has 34 heavy (non-hydrogen) atoms. The van der Waals surface area contributed by atoms with Gasteiger partial charge in [0.25, 0.3) is 0 Å². The van der Waals surface area contributed by atoms with Crippen LogP contribution < -0.4 is 10.6 Å². The van der Waals surface area contributed by atoms with E-state index in [2.05, 4.69) is 56.8 Å². The van der Waals surface area contributed by atoms with Crippen LogP contribution in [0.5, 0.6) is 0 Å². The first-order valence-electron chi connectivity index (χ1n) is 12.6. The van der Waals surface area contributed by atoms with Crippen molar-refractivity contribution in [3.8, 4) is 0 Å². The summed E-state index contributed by atoms with van der Waals surface area (Å²) in [5.74, 6) is 0.263. The summed E-state index contributed by atoms with van der Waals surface area (Å²) < 4.78 is 0. The molecule has 0 aliphatic carbocycles. The van der Waals surface area contributed by atoms with Gasteiger partial charge in [0.05, 0.1) is 6.54 Å². The summed E-state index contributed by atoms with van der Waals surface area (Å²) >= 11 is 0. The molecule has 0 aromatic heterocycles. The zero-order valence-electron chi connectivity index (χ0n) is 20.6. The van der Waals surface area contributed by atoms with E-state index in [9.17, 15) is 9.59 Å². The van der Waals surface area contributed by atoms with Gasteiger partial charge in [-0.05, 0) is 69.8 Å². The lowest BCUT2D eigenvalue weighted by atomic mass is 9.94. The van der Waals surface area contributed by atoms with E-state index in [-0.39, 0.29) is 23.8 Å². The summed E-state index contributed by atoms with van der Waals surface area (Å²) in [7, 11) is 0. The Morgan fingerprint density at radius 1 is 0.882 bits per heavy atom. The molecule has 0 bridgehead atoms. The highest BCUT2D eigenvalue weighted by Crippen LogP contribution is 2.20. The number of piperidine rings is 2. The monoisotopic (exact) mass is 462 g/mol. The lowest BCUT2D eigenvalue weighted by Gasteiger charge is -2.35. The van der Waals surface area contributed by atoms with Gasteiger partial charge in [0.15, 0.2) is 0 Å². The van der Waals surface area contributed by atoms with Gasteiger partial charge in [-0.15, -0.1) is 0 Å². The highest BCUT2D eigenvalue weighted by molar-refractivity contribution is 5.93. The Balaban J connectivity index is 1.14. The van der Waals surface area contributed by atoms with Crippen molar-refractivity contribution in [2.24, 2.45) is 5.92 Å². The van der Waals surface area contributed by atoms with Gasteiger partial charge >= 0.3 is 0 Å². The van der Waals surface area contributed by atoms with Crippen LogP contribution in [0, 0.1) is 19.8 Å². The molecule has 0 saturated carbocycles. The van der Waals surface area contributed by atoms with Gasteiger partial charge in [-0.25, -0.2) is 0 Å². The minimum absolute atomic E-state index is 0.0112. The third-order valence-electron chi connectivity index (χ3n) is 7.16. The van der Waals surface area contributed by atoms with Crippen LogP contribution in [0.2, 0.25) is 0 Å². The molecular weight excluding hydrogens is 424 g/mol. The summed E-state index contributed by atoms with van der Waals surface area (Å²) in [6, 6.07) is 16.9. The van der Waals surface area contributed by atoms with Crippen LogP contribution in [0.3, 0.4) is 0 Å². The number of hydrogen-bond acceptors (Lipinski definition) is 4. The number of aryl methyl sites for hydroxylation is 2. The van der Waals surface area contributed by atoms with Crippen molar-refractivity contribution in [2.45, 2.75) is 52.1 Å². The number of nitrogens with one attached hydrogen (secondary N) is 2. The van der Waals surface area contributed by atoms with Crippen molar-refractivity contribution < 1.29 is 9.59 Å². The molecule has 0 spiro atoms. The maximum Gasteiger partial charge on any atom is 0.238 e. The van der Waals surface area contributed by atoms with Crippen molar-refractivity contribution in [3.63, 3.8) is 0 Å². The molecule has 182 valence electrons. The van der Waals surface area contributed by atoms with Crippen LogP contribution in [0.4, 0.5) is 5.69 Å². The summed E-state index contributed by atoms with van der Waals surface area (Å²) in [5.41, 5.74) is 4.49. The molecule has 0 radical (unpaired) electrons. The lowest BCUT2D eigenvalue weighted by Crippen LogP contribution is -2.48. The highest BCUT2D eigenvalue weighted by Gasteiger charge is 2.28. The molecule has 0 atom stereocenters. The zero-order chi connectivity index (χ0) is 23.9. The minimum atomic E-state index is 0.0112. The quantitative estimate of drug-likeness (QED) is 0.658. The summed E-state index contributed by atoms with van der Waals surface area (Å²) in [5, 5.41) is 6.34. The number of anilines is 1. The molecule has 4 rings (SSSR count). The normalized spacial score (nSPS) is 18.5. The average molecular weight is 463 g/mol. The van der Waals surface area contributed by atoms with E-state index < -0.39 is 0 Å². The Kier molecular flexibility index (Phi) is 8.35. The van der Waals surface area contributed by atoms with Crippen LogP contribution in [0.1, 0.15) is 42.4 Å². The van der Waals surface area contributed by atoms with E-state index in [0.29, 0.717) is 6.54 Å². The maximum atomic E-state index is 12.9. The molecular formula is C28H38N4O2. The number of likely N-dealkylation sites (tertiary alicyclic amines) is 2. The Morgan fingerprint density at radius 3 is 2.24 bits per heavy atom. The molecule has 6 heteroatoms. The van der Waals surface area contributed by atoms with Gasteiger partial charge in [-0.2, -0.15) is 0 Å². The molecule has 6 nitrogen and oxygen atoms in total. The minimum Gasteiger partial charge on any atom is -0.353 e. The van der Waals surface area contributed by atoms with Crippen molar-refractivity contribution in [2.75, 3.05) is 38.0 Å². The molecule has 2 aromatic carbocycles. The summed E-state index contributed by atoms with van der Waals surface area (Å²) in [6.45, 7) is 9.04. The first-order chi connectivity index (χ1) is 16.5. The second-order valence-corrected chi connectivity index (χ2v) is 9.96. The molecule has 2 aromatic rings. The highest BCUT2D eigenvalue weighted by atomic mass is 16.2. The molecule has 2 amide bonds. The Bertz CT molecular complexity index is 962. The zero-order valence-corrected chi connectivity index (χ0v) is 20.6. The summed E-state index contributed by atoms with van der Waals surface area (Å²) in [4.78, 5) is 30.0. The molecule has 2 aliphatic rings. The molecule has 0 unspecified atom stereocenters. The molecule has 2 fully saturated rings. The Hall–Kier alpha value is -2.70. The smallest absolute Gasteiger partial charge is 0.238 e. The van der Waals surface area contributed by atoms with Crippen molar-refractivity contribution in [1.29, 1.82) is 0 Å². The number of nitrogens with zero attached hydrogens (tertiary/aromatic N) is 2. The number of rotatable bonds is 7. The number of hydrogen-bond donors (Lipinski definition) is 2. The predicted molar refractivity (Wildman–Crippen MR) is 137 cm³/mol. The van der Waals surface area contributed by atoms with Crippen molar-refractivity contribution in [1.82, 2.24) is 15.1 Å². The Labute approximate surface area is 203 Å². The second kappa shape index (κ2) is 11.6. The molecule has 2 heterocycles. The molecule has 2 N–H and O–H groups in total. The van der Waals surface area contributed by atoms with Gasteiger partial charge in [0.2, 0.25) is 11.8 Å². The van der Waals surface area contributed by atoms with E-state index >= 15 is 0 Å². The number of amides is 2. The third-order valence-corrected chi connectivity index (χ3v) is 7.16. The molecule has 2 saturated heterocycles. The standard InChI is InChI=1S/C28H38N4O2/c1-21-8-9-26(22(2)18-21)30-27(33)20-32-14-10-24(11-15-32)28(34)29-25-12-16-31(17-13-25)19-23-6-4-3-5-7-23/h3-9,18,24-25H,10-17,19-20H2,1-2H3,(H,29,34)(H,30,33). The third kappa shape index (κ3) is 6.90. The van der Waals surface area contributed by atoms with Crippen LogP contribution in [-0.4, -0.2) is 60.4 Å². The topological polar surface area (TPSA) is 64.7 Å². The van der Waals surface area contributed by atoms with E-state index in [1.165, 1.54) is 11.1 Å². The van der Waals surface area contributed by atoms with Crippen LogP contribution in [0.25, 0.3) is 0 Å². The van der Waals surface area contributed by atoms with Crippen molar-refractivity contribution in [3.05, 3.63) is 65.2 Å². The van der Waals surface area contributed by atoms with Crippen LogP contribution >= 0.6 is 0 Å². The second-order valence-electron chi connectivity index (χ2n) is 9.96.